The molecule has 1 unspecified atom stereocenters. The van der Waals surface area contributed by atoms with E-state index in [0.717, 1.165) is 6.54 Å². The molecule has 3 nitrogen and oxygen atoms in total. The molecule has 1 aromatic rings. The van der Waals surface area contributed by atoms with Gasteiger partial charge in [-0.1, -0.05) is 6.42 Å². The average Bonchev–Trinajstić information content (AvgIpc) is 2.30. The summed E-state index contributed by atoms with van der Waals surface area (Å²) in [6, 6.07) is 2.49. The molecule has 0 spiro atoms. The maximum absolute atomic E-state index is 5.11. The van der Waals surface area contributed by atoms with Gasteiger partial charge in [-0.25, -0.2) is 4.98 Å². The van der Waals surface area contributed by atoms with Gasteiger partial charge < -0.3 is 10.1 Å². The molecule has 0 radical (unpaired) electrons. The zero-order chi connectivity index (χ0) is 10.7. The van der Waals surface area contributed by atoms with E-state index in [0.29, 0.717) is 11.9 Å². The van der Waals surface area contributed by atoms with E-state index in [1.165, 1.54) is 30.4 Å². The molecule has 3 heteroatoms. The van der Waals surface area contributed by atoms with Crippen molar-refractivity contribution in [3.8, 4) is 5.88 Å². The minimum Gasteiger partial charge on any atom is -0.481 e. The number of ether oxygens (including phenoxy) is 1. The molecule has 0 saturated carbocycles. The molecule has 0 bridgehead atoms. The predicted molar refractivity (Wildman–Crippen MR) is 60.1 cm³/mol. The molecule has 1 fully saturated rings. The minimum absolute atomic E-state index is 0.483. The Labute approximate surface area is 90.9 Å². The third kappa shape index (κ3) is 2.29. The molecule has 1 aliphatic rings. The van der Waals surface area contributed by atoms with Crippen LogP contribution >= 0.6 is 0 Å². The lowest BCUT2D eigenvalue weighted by molar-refractivity contribution is 0.391. The van der Waals surface area contributed by atoms with Crippen molar-refractivity contribution in [2.24, 2.45) is 0 Å². The number of aromatic nitrogens is 1. The lowest BCUT2D eigenvalue weighted by atomic mass is 9.96. The lowest BCUT2D eigenvalue weighted by Crippen LogP contribution is -2.27. The normalized spacial score (nSPS) is 21.3. The van der Waals surface area contributed by atoms with Crippen molar-refractivity contribution in [3.05, 3.63) is 23.4 Å². The van der Waals surface area contributed by atoms with Crippen molar-refractivity contribution in [3.63, 3.8) is 0 Å². The first kappa shape index (κ1) is 10.4. The first-order chi connectivity index (χ1) is 7.31. The van der Waals surface area contributed by atoms with E-state index in [4.69, 9.17) is 4.74 Å². The van der Waals surface area contributed by atoms with Gasteiger partial charge in [-0.2, -0.15) is 0 Å². The molecule has 1 aromatic heterocycles. The average molecular weight is 206 g/mol. The van der Waals surface area contributed by atoms with E-state index in [2.05, 4.69) is 17.2 Å². The van der Waals surface area contributed by atoms with Crippen LogP contribution in [-0.2, 0) is 0 Å². The van der Waals surface area contributed by atoms with Gasteiger partial charge in [0.1, 0.15) is 0 Å². The quantitative estimate of drug-likeness (QED) is 0.805. The van der Waals surface area contributed by atoms with Crippen LogP contribution in [0.2, 0.25) is 0 Å². The third-order valence-electron chi connectivity index (χ3n) is 3.02. The van der Waals surface area contributed by atoms with E-state index in [9.17, 15) is 0 Å². The zero-order valence-electron chi connectivity index (χ0n) is 9.42. The molecule has 0 amide bonds. The minimum atomic E-state index is 0.483. The second-order valence-corrected chi connectivity index (χ2v) is 4.09. The summed E-state index contributed by atoms with van der Waals surface area (Å²) >= 11 is 0. The molecule has 1 N–H and O–H groups in total. The maximum Gasteiger partial charge on any atom is 0.213 e. The highest BCUT2D eigenvalue weighted by atomic mass is 16.5. The molecule has 2 heterocycles. The third-order valence-corrected chi connectivity index (χ3v) is 3.02. The Kier molecular flexibility index (Phi) is 3.21. The Bertz CT molecular complexity index is 332. The molecule has 1 aliphatic heterocycles. The van der Waals surface area contributed by atoms with Crippen LogP contribution in [-0.4, -0.2) is 18.6 Å². The van der Waals surface area contributed by atoms with Crippen LogP contribution in [0.25, 0.3) is 0 Å². The summed E-state index contributed by atoms with van der Waals surface area (Å²) in [5, 5.41) is 3.53. The summed E-state index contributed by atoms with van der Waals surface area (Å²) in [5.41, 5.74) is 2.58. The highest BCUT2D eigenvalue weighted by Gasteiger charge is 2.16. The summed E-state index contributed by atoms with van der Waals surface area (Å²) in [6.07, 6.45) is 5.76. The smallest absolute Gasteiger partial charge is 0.213 e. The summed E-state index contributed by atoms with van der Waals surface area (Å²) in [7, 11) is 1.65. The Morgan fingerprint density at radius 3 is 2.93 bits per heavy atom. The van der Waals surface area contributed by atoms with Crippen LogP contribution in [0, 0.1) is 6.92 Å². The molecule has 1 saturated heterocycles. The number of hydrogen-bond acceptors (Lipinski definition) is 3. The van der Waals surface area contributed by atoms with E-state index >= 15 is 0 Å². The second-order valence-electron chi connectivity index (χ2n) is 4.09. The van der Waals surface area contributed by atoms with Crippen molar-refractivity contribution in [1.29, 1.82) is 0 Å². The Balaban J connectivity index is 2.19. The first-order valence-electron chi connectivity index (χ1n) is 5.55. The number of methoxy groups -OCH3 is 1. The van der Waals surface area contributed by atoms with Crippen LogP contribution in [0.15, 0.2) is 12.3 Å². The highest BCUT2D eigenvalue weighted by Crippen LogP contribution is 2.26. The molecular formula is C12H18N2O. The number of pyridine rings is 1. The lowest BCUT2D eigenvalue weighted by Gasteiger charge is -2.25. The molecule has 0 aliphatic carbocycles. The van der Waals surface area contributed by atoms with Crippen LogP contribution in [0.5, 0.6) is 5.88 Å². The van der Waals surface area contributed by atoms with Gasteiger partial charge in [0.2, 0.25) is 5.88 Å². The Morgan fingerprint density at radius 2 is 2.33 bits per heavy atom. The number of nitrogens with zero attached hydrogens (tertiary/aromatic N) is 1. The summed E-state index contributed by atoms with van der Waals surface area (Å²) in [6.45, 7) is 3.24. The van der Waals surface area contributed by atoms with E-state index in [1.807, 2.05) is 12.3 Å². The zero-order valence-corrected chi connectivity index (χ0v) is 9.42. The topological polar surface area (TPSA) is 34.1 Å². The fraction of sp³-hybridized carbons (Fsp3) is 0.583. The molecule has 15 heavy (non-hydrogen) atoms. The number of aryl methyl sites for hydroxylation is 1. The van der Waals surface area contributed by atoms with Crippen LogP contribution < -0.4 is 10.1 Å². The van der Waals surface area contributed by atoms with Crippen molar-refractivity contribution in [1.82, 2.24) is 10.3 Å². The Morgan fingerprint density at radius 1 is 1.47 bits per heavy atom. The van der Waals surface area contributed by atoms with Gasteiger partial charge in [-0.3, -0.25) is 0 Å². The highest BCUT2D eigenvalue weighted by molar-refractivity contribution is 5.30. The largest absolute Gasteiger partial charge is 0.481 e. The second kappa shape index (κ2) is 4.62. The van der Waals surface area contributed by atoms with Gasteiger partial charge >= 0.3 is 0 Å². The predicted octanol–water partition coefficient (Wildman–Crippen LogP) is 2.21. The van der Waals surface area contributed by atoms with Gasteiger partial charge in [-0.15, -0.1) is 0 Å². The van der Waals surface area contributed by atoms with Crippen molar-refractivity contribution >= 4 is 0 Å². The fourth-order valence-corrected chi connectivity index (χ4v) is 2.13. The van der Waals surface area contributed by atoms with Crippen LogP contribution in [0.4, 0.5) is 0 Å². The van der Waals surface area contributed by atoms with Crippen molar-refractivity contribution < 1.29 is 4.74 Å². The summed E-state index contributed by atoms with van der Waals surface area (Å²) in [4.78, 5) is 4.27. The summed E-state index contributed by atoms with van der Waals surface area (Å²) in [5.74, 6) is 0.701. The van der Waals surface area contributed by atoms with Gasteiger partial charge in [0, 0.05) is 18.3 Å². The number of piperidine rings is 1. The van der Waals surface area contributed by atoms with Gasteiger partial charge in [0.15, 0.2) is 0 Å². The van der Waals surface area contributed by atoms with Crippen LogP contribution in [0.1, 0.15) is 36.4 Å². The SMILES string of the molecule is COc1cc(C)c(C2CCCCN2)cn1. The van der Waals surface area contributed by atoms with E-state index in [-0.39, 0.29) is 0 Å². The molecule has 1 atom stereocenters. The van der Waals surface area contributed by atoms with Gasteiger partial charge in [0.25, 0.3) is 0 Å². The van der Waals surface area contributed by atoms with Gasteiger partial charge in [0.05, 0.1) is 7.11 Å². The number of hydrogen-bond donors (Lipinski definition) is 1. The van der Waals surface area contributed by atoms with E-state index < -0.39 is 0 Å². The first-order valence-corrected chi connectivity index (χ1v) is 5.55. The molecule has 2 rings (SSSR count). The molecule has 82 valence electrons. The number of rotatable bonds is 2. The molecule has 0 aromatic carbocycles. The Hall–Kier alpha value is -1.09. The van der Waals surface area contributed by atoms with Crippen molar-refractivity contribution in [2.45, 2.75) is 32.2 Å². The maximum atomic E-state index is 5.11. The molecular weight excluding hydrogens is 188 g/mol. The standard InChI is InChI=1S/C12H18N2O/c1-9-7-12(15-2)14-8-10(9)11-5-3-4-6-13-11/h7-8,11,13H,3-6H2,1-2H3. The number of nitrogens with one attached hydrogen (secondary N) is 1. The van der Waals surface area contributed by atoms with E-state index in [1.54, 1.807) is 7.11 Å². The summed E-state index contributed by atoms with van der Waals surface area (Å²) < 4.78 is 5.11. The van der Waals surface area contributed by atoms with Gasteiger partial charge in [-0.05, 0) is 37.4 Å². The fourth-order valence-electron chi connectivity index (χ4n) is 2.13. The van der Waals surface area contributed by atoms with Crippen molar-refractivity contribution in [2.75, 3.05) is 13.7 Å². The van der Waals surface area contributed by atoms with Crippen LogP contribution in [0.3, 0.4) is 0 Å². The monoisotopic (exact) mass is 206 g/mol.